The molecule has 1 atom stereocenters. The fourth-order valence-electron chi connectivity index (χ4n) is 1.55. The maximum absolute atomic E-state index is 13.2. The van der Waals surface area contributed by atoms with E-state index in [1.807, 2.05) is 0 Å². The fourth-order valence-corrected chi connectivity index (χ4v) is 2.06. The third-order valence-electron chi connectivity index (χ3n) is 2.47. The number of esters is 1. The summed E-state index contributed by atoms with van der Waals surface area (Å²) in [6, 6.07) is 1.39. The van der Waals surface area contributed by atoms with Crippen molar-refractivity contribution in [1.29, 1.82) is 0 Å². The summed E-state index contributed by atoms with van der Waals surface area (Å²) in [5.74, 6) is -6.77. The number of hydrogen-bond acceptors (Lipinski definition) is 4. The van der Waals surface area contributed by atoms with E-state index >= 15 is 0 Å². The van der Waals surface area contributed by atoms with Crippen LogP contribution >= 0.6 is 15.9 Å². The molecular formula is C13H11BrF2O4. The van der Waals surface area contributed by atoms with Crippen molar-refractivity contribution in [3.05, 3.63) is 33.8 Å². The number of carbonyl (C=O) groups excluding carboxylic acids is 3. The van der Waals surface area contributed by atoms with Crippen LogP contribution in [0.2, 0.25) is 0 Å². The van der Waals surface area contributed by atoms with Crippen molar-refractivity contribution in [3.8, 4) is 0 Å². The first-order valence-corrected chi connectivity index (χ1v) is 6.44. The molecule has 0 N–H and O–H groups in total. The molecule has 0 fully saturated rings. The molecule has 1 aromatic rings. The van der Waals surface area contributed by atoms with Gasteiger partial charge in [-0.15, -0.1) is 0 Å². The largest absolute Gasteiger partial charge is 0.465 e. The molecule has 20 heavy (non-hydrogen) atoms. The van der Waals surface area contributed by atoms with Crippen LogP contribution in [0.25, 0.3) is 0 Å². The lowest BCUT2D eigenvalue weighted by atomic mass is 9.94. The van der Waals surface area contributed by atoms with Gasteiger partial charge in [0.2, 0.25) is 0 Å². The Morgan fingerprint density at radius 1 is 1.25 bits per heavy atom. The van der Waals surface area contributed by atoms with Crippen molar-refractivity contribution in [2.45, 2.75) is 13.8 Å². The first-order valence-electron chi connectivity index (χ1n) is 5.65. The van der Waals surface area contributed by atoms with Crippen LogP contribution in [0.3, 0.4) is 0 Å². The third-order valence-corrected chi connectivity index (χ3v) is 3.12. The smallest absolute Gasteiger partial charge is 0.324 e. The first-order chi connectivity index (χ1) is 9.29. The zero-order valence-electron chi connectivity index (χ0n) is 10.7. The third kappa shape index (κ3) is 3.47. The summed E-state index contributed by atoms with van der Waals surface area (Å²) in [7, 11) is 0. The molecule has 0 aliphatic carbocycles. The molecule has 0 aliphatic heterocycles. The summed E-state index contributed by atoms with van der Waals surface area (Å²) in [5, 5.41) is 0. The Labute approximate surface area is 122 Å². The summed E-state index contributed by atoms with van der Waals surface area (Å²) < 4.78 is 30.8. The Bertz CT molecular complexity index is 572. The number of hydrogen-bond donors (Lipinski definition) is 0. The molecule has 7 heteroatoms. The first kappa shape index (κ1) is 16.4. The van der Waals surface area contributed by atoms with Gasteiger partial charge in [0.1, 0.15) is 0 Å². The zero-order valence-corrected chi connectivity index (χ0v) is 12.3. The number of Topliss-reactive ketones (excluding diaryl/α,β-unsaturated/α-hetero) is 2. The molecule has 108 valence electrons. The molecule has 0 radical (unpaired) electrons. The van der Waals surface area contributed by atoms with Gasteiger partial charge in [-0.3, -0.25) is 14.4 Å². The van der Waals surface area contributed by atoms with Crippen LogP contribution in [0.1, 0.15) is 24.2 Å². The molecule has 0 bridgehead atoms. The van der Waals surface area contributed by atoms with Gasteiger partial charge in [-0.2, -0.15) is 0 Å². The highest BCUT2D eigenvalue weighted by Crippen LogP contribution is 2.24. The molecule has 0 saturated heterocycles. The number of rotatable bonds is 5. The molecule has 1 aromatic carbocycles. The van der Waals surface area contributed by atoms with Crippen molar-refractivity contribution >= 4 is 33.5 Å². The minimum Gasteiger partial charge on any atom is -0.465 e. The van der Waals surface area contributed by atoms with Crippen LogP contribution in [0.5, 0.6) is 0 Å². The summed E-state index contributed by atoms with van der Waals surface area (Å²) in [5.41, 5.74) is -0.294. The van der Waals surface area contributed by atoms with Crippen LogP contribution in [0.4, 0.5) is 8.78 Å². The topological polar surface area (TPSA) is 60.4 Å². The van der Waals surface area contributed by atoms with Gasteiger partial charge in [0.15, 0.2) is 29.1 Å². The van der Waals surface area contributed by atoms with Gasteiger partial charge in [-0.25, -0.2) is 8.78 Å². The van der Waals surface area contributed by atoms with Gasteiger partial charge in [0.25, 0.3) is 0 Å². The van der Waals surface area contributed by atoms with Crippen molar-refractivity contribution in [2.24, 2.45) is 5.92 Å². The number of ketones is 2. The molecule has 0 amide bonds. The van der Waals surface area contributed by atoms with Crippen molar-refractivity contribution in [2.75, 3.05) is 6.61 Å². The summed E-state index contributed by atoms with van der Waals surface area (Å²) in [6.07, 6.45) is 0. The number of carbonyl (C=O) groups is 3. The normalized spacial score (nSPS) is 11.8. The van der Waals surface area contributed by atoms with Crippen LogP contribution < -0.4 is 0 Å². The van der Waals surface area contributed by atoms with E-state index in [1.165, 1.54) is 6.92 Å². The Kier molecular flexibility index (Phi) is 5.50. The highest BCUT2D eigenvalue weighted by molar-refractivity contribution is 9.10. The predicted molar refractivity (Wildman–Crippen MR) is 69.2 cm³/mol. The van der Waals surface area contributed by atoms with Gasteiger partial charge in [0, 0.05) is 10.0 Å². The van der Waals surface area contributed by atoms with E-state index in [9.17, 15) is 23.2 Å². The molecule has 1 rings (SSSR count). The van der Waals surface area contributed by atoms with E-state index in [4.69, 9.17) is 0 Å². The summed E-state index contributed by atoms with van der Waals surface area (Å²) >= 11 is 2.90. The molecule has 0 aliphatic rings. The lowest BCUT2D eigenvalue weighted by Crippen LogP contribution is -2.32. The van der Waals surface area contributed by atoms with Crippen molar-refractivity contribution in [3.63, 3.8) is 0 Å². The highest BCUT2D eigenvalue weighted by atomic mass is 79.9. The second-order valence-corrected chi connectivity index (χ2v) is 4.76. The van der Waals surface area contributed by atoms with Gasteiger partial charge in [0.05, 0.1) is 6.61 Å². The average Bonchev–Trinajstić information content (AvgIpc) is 2.33. The maximum Gasteiger partial charge on any atom is 0.324 e. The van der Waals surface area contributed by atoms with Gasteiger partial charge in [-0.1, -0.05) is 0 Å². The van der Waals surface area contributed by atoms with Crippen LogP contribution in [-0.4, -0.2) is 24.1 Å². The van der Waals surface area contributed by atoms with E-state index in [-0.39, 0.29) is 16.6 Å². The maximum atomic E-state index is 13.2. The fraction of sp³-hybridized carbons (Fsp3) is 0.308. The van der Waals surface area contributed by atoms with Crippen molar-refractivity contribution < 1.29 is 27.9 Å². The average molecular weight is 349 g/mol. The Balaban J connectivity index is 3.23. The number of halogens is 3. The van der Waals surface area contributed by atoms with Gasteiger partial charge < -0.3 is 4.74 Å². The van der Waals surface area contributed by atoms with Gasteiger partial charge in [-0.05, 0) is 41.9 Å². The monoisotopic (exact) mass is 348 g/mol. The molecular weight excluding hydrogens is 338 g/mol. The summed E-state index contributed by atoms with van der Waals surface area (Å²) in [4.78, 5) is 35.2. The van der Waals surface area contributed by atoms with Gasteiger partial charge >= 0.3 is 5.97 Å². The lowest BCUT2D eigenvalue weighted by Gasteiger charge is -2.12. The second-order valence-electron chi connectivity index (χ2n) is 3.91. The van der Waals surface area contributed by atoms with E-state index in [0.717, 1.165) is 13.0 Å². The SMILES string of the molecule is CCOC(=O)C(C(C)=O)C(=O)c1cc(F)c(F)cc1Br. The van der Waals surface area contributed by atoms with Crippen LogP contribution in [0.15, 0.2) is 16.6 Å². The van der Waals surface area contributed by atoms with E-state index in [2.05, 4.69) is 20.7 Å². The van der Waals surface area contributed by atoms with E-state index in [1.54, 1.807) is 0 Å². The van der Waals surface area contributed by atoms with Crippen molar-refractivity contribution in [1.82, 2.24) is 0 Å². The minimum atomic E-state index is -1.68. The van der Waals surface area contributed by atoms with Crippen LogP contribution in [0, 0.1) is 17.6 Å². The zero-order chi connectivity index (χ0) is 15.4. The lowest BCUT2D eigenvalue weighted by molar-refractivity contribution is -0.148. The van der Waals surface area contributed by atoms with E-state index in [0.29, 0.717) is 6.07 Å². The second kappa shape index (κ2) is 6.69. The minimum absolute atomic E-state index is 0.00512. The molecule has 1 unspecified atom stereocenters. The number of ether oxygens (including phenoxy) is 1. The molecule has 0 saturated carbocycles. The van der Waals surface area contributed by atoms with E-state index < -0.39 is 35.1 Å². The molecule has 0 aromatic heterocycles. The quantitative estimate of drug-likeness (QED) is 0.355. The molecule has 0 spiro atoms. The Morgan fingerprint density at radius 2 is 1.80 bits per heavy atom. The number of benzene rings is 1. The van der Waals surface area contributed by atoms with Crippen LogP contribution in [-0.2, 0) is 14.3 Å². The Hall–Kier alpha value is -1.63. The predicted octanol–water partition coefficient (Wildman–Crippen LogP) is 2.68. The summed E-state index contributed by atoms with van der Waals surface area (Å²) in [6.45, 7) is 2.56. The highest BCUT2D eigenvalue weighted by Gasteiger charge is 2.34. The molecule has 4 nitrogen and oxygen atoms in total. The standard InChI is InChI=1S/C13H11BrF2O4/c1-3-20-13(19)11(6(2)17)12(18)7-4-9(15)10(16)5-8(7)14/h4-5,11H,3H2,1-2H3. The molecule has 0 heterocycles. The Morgan fingerprint density at radius 3 is 2.30 bits per heavy atom.